The van der Waals surface area contributed by atoms with Crippen molar-refractivity contribution in [3.8, 4) is 11.1 Å². The average molecular weight is 463 g/mol. The van der Waals surface area contributed by atoms with Crippen molar-refractivity contribution in [3.63, 3.8) is 0 Å². The zero-order chi connectivity index (χ0) is 23.9. The van der Waals surface area contributed by atoms with Gasteiger partial charge in [-0.25, -0.2) is 4.79 Å². The number of aliphatic carboxylic acids is 1. The number of rotatable bonds is 6. The number of likely N-dealkylation sites (tertiary alicyclic amines) is 1. The number of hydrogen-bond acceptors (Lipinski definition) is 4. The Morgan fingerprint density at radius 1 is 1.12 bits per heavy atom. The zero-order valence-corrected chi connectivity index (χ0v) is 19.3. The SMILES string of the molecule is CC[C@@H](NC(=O)OCC1c2ccccc2-c2ccccc21)C(=O)N1CC2CCCC2(C(=O)O)C1. The summed E-state index contributed by atoms with van der Waals surface area (Å²) in [5.41, 5.74) is 3.73. The van der Waals surface area contributed by atoms with Gasteiger partial charge >= 0.3 is 12.1 Å². The van der Waals surface area contributed by atoms with Crippen LogP contribution in [0.5, 0.6) is 0 Å². The Balaban J connectivity index is 1.22. The molecule has 5 rings (SSSR count). The summed E-state index contributed by atoms with van der Waals surface area (Å²) in [5, 5.41) is 12.5. The van der Waals surface area contributed by atoms with Crippen LogP contribution in [0.1, 0.15) is 49.7 Å². The number of benzene rings is 2. The molecular formula is C27H30N2O5. The molecule has 0 spiro atoms. The number of fused-ring (bicyclic) bond motifs is 4. The molecular weight excluding hydrogens is 432 g/mol. The van der Waals surface area contributed by atoms with Crippen LogP contribution in [-0.2, 0) is 14.3 Å². The molecule has 2 aliphatic carbocycles. The maximum atomic E-state index is 13.2. The molecule has 2 aromatic rings. The highest BCUT2D eigenvalue weighted by Crippen LogP contribution is 2.49. The lowest BCUT2D eigenvalue weighted by Crippen LogP contribution is -2.48. The summed E-state index contributed by atoms with van der Waals surface area (Å²) in [6.07, 6.45) is 2.09. The van der Waals surface area contributed by atoms with E-state index in [2.05, 4.69) is 29.6 Å². The van der Waals surface area contributed by atoms with Crippen LogP contribution in [0.25, 0.3) is 11.1 Å². The average Bonchev–Trinajstić information content (AvgIpc) is 3.51. The number of ether oxygens (including phenoxy) is 1. The molecule has 7 nitrogen and oxygen atoms in total. The van der Waals surface area contributed by atoms with Gasteiger partial charge in [0.15, 0.2) is 0 Å². The molecule has 0 bridgehead atoms. The van der Waals surface area contributed by atoms with E-state index in [1.165, 1.54) is 0 Å². The first kappa shape index (κ1) is 22.4. The van der Waals surface area contributed by atoms with Crippen molar-refractivity contribution in [2.75, 3.05) is 19.7 Å². The second-order valence-corrected chi connectivity index (χ2v) is 9.70. The van der Waals surface area contributed by atoms with Crippen molar-refractivity contribution in [1.82, 2.24) is 10.2 Å². The lowest BCUT2D eigenvalue weighted by molar-refractivity contribution is -0.149. The van der Waals surface area contributed by atoms with E-state index in [-0.39, 0.29) is 30.9 Å². The fraction of sp³-hybridized carbons (Fsp3) is 0.444. The number of amides is 2. The zero-order valence-electron chi connectivity index (χ0n) is 19.3. The van der Waals surface area contributed by atoms with Crippen LogP contribution < -0.4 is 5.32 Å². The van der Waals surface area contributed by atoms with Gasteiger partial charge in [-0.3, -0.25) is 9.59 Å². The molecule has 3 aliphatic rings. The first-order chi connectivity index (χ1) is 16.4. The summed E-state index contributed by atoms with van der Waals surface area (Å²) in [5.74, 6) is -1.11. The number of carboxylic acids is 1. The molecule has 1 saturated carbocycles. The fourth-order valence-corrected chi connectivity index (χ4v) is 6.15. The molecule has 0 radical (unpaired) electrons. The number of carboxylic acid groups (broad SMARTS) is 1. The van der Waals surface area contributed by atoms with E-state index in [9.17, 15) is 19.5 Å². The fourth-order valence-electron chi connectivity index (χ4n) is 6.15. The third-order valence-electron chi connectivity index (χ3n) is 7.95. The van der Waals surface area contributed by atoms with E-state index in [1.807, 2.05) is 31.2 Å². The van der Waals surface area contributed by atoms with Gasteiger partial charge in [0.2, 0.25) is 5.91 Å². The van der Waals surface area contributed by atoms with Crippen molar-refractivity contribution in [2.45, 2.75) is 44.6 Å². The van der Waals surface area contributed by atoms with E-state index in [0.717, 1.165) is 35.1 Å². The predicted molar refractivity (Wildman–Crippen MR) is 126 cm³/mol. The van der Waals surface area contributed by atoms with Crippen molar-refractivity contribution < 1.29 is 24.2 Å². The lowest BCUT2D eigenvalue weighted by Gasteiger charge is -2.26. The van der Waals surface area contributed by atoms with Gasteiger partial charge in [-0.1, -0.05) is 61.9 Å². The van der Waals surface area contributed by atoms with Crippen LogP contribution >= 0.6 is 0 Å². The van der Waals surface area contributed by atoms with Gasteiger partial charge in [-0.05, 0) is 47.4 Å². The van der Waals surface area contributed by atoms with Gasteiger partial charge in [0.25, 0.3) is 0 Å². The first-order valence-corrected chi connectivity index (χ1v) is 12.1. The van der Waals surface area contributed by atoms with E-state index in [1.54, 1.807) is 4.90 Å². The Kier molecular flexibility index (Phi) is 5.80. The molecule has 7 heteroatoms. The molecule has 2 unspecified atom stereocenters. The van der Waals surface area contributed by atoms with Crippen LogP contribution in [-0.4, -0.2) is 53.7 Å². The molecule has 1 aliphatic heterocycles. The Morgan fingerprint density at radius 3 is 2.35 bits per heavy atom. The van der Waals surface area contributed by atoms with Gasteiger partial charge in [-0.15, -0.1) is 0 Å². The van der Waals surface area contributed by atoms with Crippen molar-refractivity contribution >= 4 is 18.0 Å². The molecule has 2 aromatic carbocycles. The largest absolute Gasteiger partial charge is 0.481 e. The number of nitrogens with one attached hydrogen (secondary N) is 1. The van der Waals surface area contributed by atoms with E-state index in [0.29, 0.717) is 19.4 Å². The first-order valence-electron chi connectivity index (χ1n) is 12.1. The molecule has 2 N–H and O–H groups in total. The molecule has 0 aromatic heterocycles. The van der Waals surface area contributed by atoms with E-state index < -0.39 is 23.5 Å². The Morgan fingerprint density at radius 2 is 1.76 bits per heavy atom. The highest BCUT2D eigenvalue weighted by atomic mass is 16.5. The summed E-state index contributed by atoms with van der Waals surface area (Å²) in [6.45, 7) is 2.66. The quantitative estimate of drug-likeness (QED) is 0.676. The Labute approximate surface area is 199 Å². The molecule has 3 atom stereocenters. The minimum Gasteiger partial charge on any atom is -0.481 e. The molecule has 2 amide bonds. The number of hydrogen-bond donors (Lipinski definition) is 2. The monoisotopic (exact) mass is 462 g/mol. The van der Waals surface area contributed by atoms with Gasteiger partial charge in [0, 0.05) is 19.0 Å². The second-order valence-electron chi connectivity index (χ2n) is 9.70. The van der Waals surface area contributed by atoms with Crippen LogP contribution in [0, 0.1) is 11.3 Å². The number of carbonyl (C=O) groups is 3. The van der Waals surface area contributed by atoms with Crippen LogP contribution in [0.4, 0.5) is 4.79 Å². The van der Waals surface area contributed by atoms with Crippen LogP contribution in [0.3, 0.4) is 0 Å². The molecule has 2 fully saturated rings. The summed E-state index contributed by atoms with van der Waals surface area (Å²) in [7, 11) is 0. The third kappa shape index (κ3) is 3.63. The minimum atomic E-state index is -0.836. The summed E-state index contributed by atoms with van der Waals surface area (Å²) in [4.78, 5) is 39.4. The highest BCUT2D eigenvalue weighted by Gasteiger charge is 2.56. The number of carbonyl (C=O) groups excluding carboxylic acids is 2. The maximum Gasteiger partial charge on any atom is 0.407 e. The second kappa shape index (κ2) is 8.78. The van der Waals surface area contributed by atoms with Gasteiger partial charge in [-0.2, -0.15) is 0 Å². The number of alkyl carbamates (subject to hydrolysis) is 1. The Bertz CT molecular complexity index is 1090. The lowest BCUT2D eigenvalue weighted by atomic mass is 9.81. The van der Waals surface area contributed by atoms with E-state index >= 15 is 0 Å². The van der Waals surface area contributed by atoms with Gasteiger partial charge < -0.3 is 20.1 Å². The third-order valence-corrected chi connectivity index (χ3v) is 7.95. The normalized spacial score (nSPS) is 23.7. The standard InChI is InChI=1S/C27H30N2O5/c1-2-23(24(30)29-14-17-8-7-13-27(17,16-29)25(31)32)28-26(33)34-15-22-20-11-5-3-9-18(20)19-10-4-6-12-21(19)22/h3-6,9-12,17,22-23H,2,7-8,13-16H2,1H3,(H,28,33)(H,31,32)/t17?,23-,27?/m1/s1. The topological polar surface area (TPSA) is 95.9 Å². The summed E-state index contributed by atoms with van der Waals surface area (Å²) in [6, 6.07) is 15.5. The molecule has 34 heavy (non-hydrogen) atoms. The van der Waals surface area contributed by atoms with E-state index in [4.69, 9.17) is 4.74 Å². The molecule has 1 heterocycles. The van der Waals surface area contributed by atoms with Gasteiger partial charge in [0.05, 0.1) is 5.41 Å². The minimum absolute atomic E-state index is 0.0130. The predicted octanol–water partition coefficient (Wildman–Crippen LogP) is 4.02. The van der Waals surface area contributed by atoms with Crippen molar-refractivity contribution in [3.05, 3.63) is 59.7 Å². The van der Waals surface area contributed by atoms with Gasteiger partial charge in [0.1, 0.15) is 12.6 Å². The summed E-state index contributed by atoms with van der Waals surface area (Å²) >= 11 is 0. The highest BCUT2D eigenvalue weighted by molar-refractivity contribution is 5.87. The van der Waals surface area contributed by atoms with Crippen LogP contribution in [0.2, 0.25) is 0 Å². The number of nitrogens with zero attached hydrogens (tertiary/aromatic N) is 1. The van der Waals surface area contributed by atoms with Crippen molar-refractivity contribution in [1.29, 1.82) is 0 Å². The molecule has 178 valence electrons. The summed E-state index contributed by atoms with van der Waals surface area (Å²) < 4.78 is 5.60. The Hall–Kier alpha value is -3.35. The van der Waals surface area contributed by atoms with Crippen LogP contribution in [0.15, 0.2) is 48.5 Å². The van der Waals surface area contributed by atoms with Crippen molar-refractivity contribution in [2.24, 2.45) is 11.3 Å². The maximum absolute atomic E-state index is 13.2. The molecule has 1 saturated heterocycles. The smallest absolute Gasteiger partial charge is 0.407 e.